The molecule has 2 unspecified atom stereocenters. The van der Waals surface area contributed by atoms with Crippen molar-refractivity contribution in [3.05, 3.63) is 48.5 Å². The molecule has 3 rings (SSSR count). The van der Waals surface area contributed by atoms with Crippen LogP contribution in [0.15, 0.2) is 53.4 Å². The first kappa shape index (κ1) is 23.5. The average molecular weight is 458 g/mol. The number of benzene rings is 2. The molecule has 1 aliphatic rings. The van der Waals surface area contributed by atoms with Gasteiger partial charge < -0.3 is 14.4 Å². The van der Waals surface area contributed by atoms with E-state index in [4.69, 9.17) is 9.47 Å². The van der Waals surface area contributed by atoms with Gasteiger partial charge in [0.2, 0.25) is 11.8 Å². The molecule has 9 heteroatoms. The van der Waals surface area contributed by atoms with Crippen LogP contribution in [0.25, 0.3) is 0 Å². The van der Waals surface area contributed by atoms with E-state index in [2.05, 4.69) is 10.9 Å². The lowest BCUT2D eigenvalue weighted by atomic mass is 10.1. The van der Waals surface area contributed by atoms with Crippen LogP contribution in [0.1, 0.15) is 20.3 Å². The number of rotatable bonds is 8. The monoisotopic (exact) mass is 457 g/mol. The Kier molecular flexibility index (Phi) is 7.99. The molecule has 2 aromatic carbocycles. The number of hydrogen-bond acceptors (Lipinski definition) is 6. The maximum atomic E-state index is 12.5. The zero-order valence-corrected chi connectivity index (χ0v) is 19.1. The maximum absolute atomic E-state index is 12.5. The number of nitrogens with zero attached hydrogens (tertiary/aromatic N) is 1. The van der Waals surface area contributed by atoms with Crippen LogP contribution in [-0.2, 0) is 14.4 Å². The van der Waals surface area contributed by atoms with E-state index in [-0.39, 0.29) is 18.9 Å². The molecule has 0 aliphatic carbocycles. The van der Waals surface area contributed by atoms with Gasteiger partial charge in [-0.3, -0.25) is 25.2 Å². The van der Waals surface area contributed by atoms with Crippen LogP contribution in [0.4, 0.5) is 5.69 Å². The second-order valence-corrected chi connectivity index (χ2v) is 8.13. The summed E-state index contributed by atoms with van der Waals surface area (Å²) in [5.74, 6) is -0.369. The molecule has 0 radical (unpaired) electrons. The van der Waals surface area contributed by atoms with Gasteiger partial charge in [-0.25, -0.2) is 0 Å². The first-order valence-corrected chi connectivity index (χ1v) is 11.6. The van der Waals surface area contributed by atoms with E-state index in [1.54, 1.807) is 47.9 Å². The fourth-order valence-electron chi connectivity index (χ4n) is 3.26. The number of nitrogens with one attached hydrogen (secondary N) is 2. The predicted molar refractivity (Wildman–Crippen MR) is 123 cm³/mol. The van der Waals surface area contributed by atoms with Gasteiger partial charge in [-0.05, 0) is 68.6 Å². The van der Waals surface area contributed by atoms with Gasteiger partial charge in [-0.15, -0.1) is 11.8 Å². The van der Waals surface area contributed by atoms with E-state index in [1.807, 2.05) is 37.4 Å². The molecule has 2 atom stereocenters. The van der Waals surface area contributed by atoms with Gasteiger partial charge in [0.1, 0.15) is 11.5 Å². The van der Waals surface area contributed by atoms with Crippen molar-refractivity contribution in [3.8, 4) is 11.5 Å². The minimum atomic E-state index is -0.829. The molecule has 0 aromatic heterocycles. The Morgan fingerprint density at radius 3 is 2.38 bits per heavy atom. The van der Waals surface area contributed by atoms with E-state index in [0.717, 1.165) is 10.6 Å². The molecule has 170 valence electrons. The lowest BCUT2D eigenvalue weighted by molar-refractivity contribution is -0.134. The molecule has 0 spiro atoms. The second kappa shape index (κ2) is 10.9. The zero-order valence-electron chi connectivity index (χ0n) is 18.3. The summed E-state index contributed by atoms with van der Waals surface area (Å²) in [5, 5.41) is 0. The fourth-order valence-corrected chi connectivity index (χ4v) is 3.67. The van der Waals surface area contributed by atoms with Crippen LogP contribution in [0.5, 0.6) is 11.5 Å². The van der Waals surface area contributed by atoms with E-state index in [0.29, 0.717) is 18.1 Å². The Morgan fingerprint density at radius 2 is 1.75 bits per heavy atom. The van der Waals surface area contributed by atoms with Crippen LogP contribution in [0, 0.1) is 5.92 Å². The van der Waals surface area contributed by atoms with Crippen LogP contribution < -0.4 is 25.2 Å². The highest BCUT2D eigenvalue weighted by Gasteiger charge is 2.35. The summed E-state index contributed by atoms with van der Waals surface area (Å²) in [6.45, 7) is 4.30. The Hall–Kier alpha value is -3.20. The standard InChI is InChI=1S/C23H27N3O5S/c1-4-30-18-7-9-19(10-8-18)31-15(2)22(28)24-25-23(29)16-13-21(27)26(14-16)17-5-11-20(32-3)12-6-17/h5-12,15-16H,4,13-14H2,1-3H3,(H,24,28)(H,25,29). The minimum Gasteiger partial charge on any atom is -0.494 e. The zero-order chi connectivity index (χ0) is 23.1. The molecular weight excluding hydrogens is 430 g/mol. The summed E-state index contributed by atoms with van der Waals surface area (Å²) in [4.78, 5) is 39.9. The number of thioether (sulfide) groups is 1. The summed E-state index contributed by atoms with van der Waals surface area (Å²) in [6.07, 6.45) is 1.24. The molecule has 3 amide bonds. The number of ether oxygens (including phenoxy) is 2. The molecule has 1 heterocycles. The number of hydrogen-bond donors (Lipinski definition) is 2. The Bertz CT molecular complexity index is 949. The normalized spacial score (nSPS) is 16.4. The highest BCUT2D eigenvalue weighted by molar-refractivity contribution is 7.98. The smallest absolute Gasteiger partial charge is 0.279 e. The van der Waals surface area contributed by atoms with Crippen LogP contribution >= 0.6 is 11.8 Å². The summed E-state index contributed by atoms with van der Waals surface area (Å²) >= 11 is 1.62. The third kappa shape index (κ3) is 5.94. The summed E-state index contributed by atoms with van der Waals surface area (Å²) < 4.78 is 11.0. The Balaban J connectivity index is 1.48. The highest BCUT2D eigenvalue weighted by atomic mass is 32.2. The summed E-state index contributed by atoms with van der Waals surface area (Å²) in [6, 6.07) is 14.5. The SMILES string of the molecule is CCOc1ccc(OC(C)C(=O)NNC(=O)C2CC(=O)N(c3ccc(SC)cc3)C2)cc1. The van der Waals surface area contributed by atoms with Gasteiger partial charge in [0.25, 0.3) is 5.91 Å². The van der Waals surface area contributed by atoms with E-state index in [9.17, 15) is 14.4 Å². The van der Waals surface area contributed by atoms with Crippen molar-refractivity contribution in [1.82, 2.24) is 10.9 Å². The summed E-state index contributed by atoms with van der Waals surface area (Å²) in [5.41, 5.74) is 5.54. The molecule has 2 aromatic rings. The van der Waals surface area contributed by atoms with Crippen LogP contribution in [0.2, 0.25) is 0 Å². The third-order valence-corrected chi connectivity index (χ3v) is 5.75. The molecule has 0 bridgehead atoms. The molecule has 0 saturated carbocycles. The third-order valence-electron chi connectivity index (χ3n) is 5.01. The number of amides is 3. The van der Waals surface area contributed by atoms with Gasteiger partial charge in [-0.2, -0.15) is 0 Å². The Morgan fingerprint density at radius 1 is 1.09 bits per heavy atom. The molecular formula is C23H27N3O5S. The predicted octanol–water partition coefficient (Wildman–Crippen LogP) is 2.78. The number of carbonyl (C=O) groups excluding carboxylic acids is 3. The fraction of sp³-hybridized carbons (Fsp3) is 0.348. The molecule has 1 fully saturated rings. The van der Waals surface area contributed by atoms with Crippen molar-refractivity contribution in [3.63, 3.8) is 0 Å². The van der Waals surface area contributed by atoms with Gasteiger partial charge in [0.15, 0.2) is 6.10 Å². The highest BCUT2D eigenvalue weighted by Crippen LogP contribution is 2.27. The topological polar surface area (TPSA) is 97.0 Å². The number of carbonyl (C=O) groups is 3. The van der Waals surface area contributed by atoms with Gasteiger partial charge in [0, 0.05) is 23.5 Å². The molecule has 2 N–H and O–H groups in total. The Labute approximate surface area is 191 Å². The largest absolute Gasteiger partial charge is 0.494 e. The van der Waals surface area contributed by atoms with Crippen molar-refractivity contribution in [2.75, 3.05) is 24.3 Å². The van der Waals surface area contributed by atoms with Crippen LogP contribution in [-0.4, -0.2) is 43.2 Å². The van der Waals surface area contributed by atoms with E-state index >= 15 is 0 Å². The average Bonchev–Trinajstić information content (AvgIpc) is 3.20. The first-order valence-electron chi connectivity index (χ1n) is 10.3. The van der Waals surface area contributed by atoms with Crippen molar-refractivity contribution >= 4 is 35.2 Å². The van der Waals surface area contributed by atoms with Gasteiger partial charge >= 0.3 is 0 Å². The minimum absolute atomic E-state index is 0.0875. The quantitative estimate of drug-likeness (QED) is 0.467. The van der Waals surface area contributed by atoms with Crippen molar-refractivity contribution < 1.29 is 23.9 Å². The lowest BCUT2D eigenvalue weighted by Crippen LogP contribution is -2.49. The molecule has 1 aliphatic heterocycles. The van der Waals surface area contributed by atoms with Crippen molar-refractivity contribution in [2.45, 2.75) is 31.3 Å². The van der Waals surface area contributed by atoms with E-state index in [1.165, 1.54) is 0 Å². The van der Waals surface area contributed by atoms with E-state index < -0.39 is 23.8 Å². The molecule has 32 heavy (non-hydrogen) atoms. The molecule has 1 saturated heterocycles. The summed E-state index contributed by atoms with van der Waals surface area (Å²) in [7, 11) is 0. The van der Waals surface area contributed by atoms with Crippen molar-refractivity contribution in [2.24, 2.45) is 5.92 Å². The lowest BCUT2D eigenvalue weighted by Gasteiger charge is -2.18. The molecule has 8 nitrogen and oxygen atoms in total. The number of anilines is 1. The van der Waals surface area contributed by atoms with Crippen molar-refractivity contribution in [1.29, 1.82) is 0 Å². The van der Waals surface area contributed by atoms with Gasteiger partial charge in [-0.1, -0.05) is 0 Å². The second-order valence-electron chi connectivity index (χ2n) is 7.25. The van der Waals surface area contributed by atoms with Crippen LogP contribution in [0.3, 0.4) is 0 Å². The maximum Gasteiger partial charge on any atom is 0.279 e. The van der Waals surface area contributed by atoms with Gasteiger partial charge in [0.05, 0.1) is 12.5 Å². The number of hydrazine groups is 1. The first-order chi connectivity index (χ1) is 15.4.